The number of rotatable bonds is 7. The molecule has 4 aromatic rings. The Kier molecular flexibility index (Phi) is 6.69. The van der Waals surface area contributed by atoms with E-state index in [1.807, 2.05) is 6.07 Å². The monoisotopic (exact) mass is 476 g/mol. The number of aromatic nitrogens is 1. The van der Waals surface area contributed by atoms with Gasteiger partial charge >= 0.3 is 0 Å². The third kappa shape index (κ3) is 5.30. The molecule has 0 radical (unpaired) electrons. The molecule has 0 unspecified atom stereocenters. The molecule has 34 heavy (non-hydrogen) atoms. The van der Waals surface area contributed by atoms with Crippen LogP contribution in [0.5, 0.6) is 5.75 Å². The van der Waals surface area contributed by atoms with E-state index in [0.29, 0.717) is 27.5 Å². The zero-order chi connectivity index (χ0) is 24.1. The summed E-state index contributed by atoms with van der Waals surface area (Å²) in [5.74, 6) is -0.201. The summed E-state index contributed by atoms with van der Waals surface area (Å²) >= 11 is 1.26. The molecule has 0 fully saturated rings. The van der Waals surface area contributed by atoms with Crippen LogP contribution in [0.2, 0.25) is 0 Å². The number of thiazole rings is 1. The van der Waals surface area contributed by atoms with Crippen LogP contribution >= 0.6 is 11.3 Å². The van der Waals surface area contributed by atoms with Gasteiger partial charge in [0.25, 0.3) is 11.6 Å². The largest absolute Gasteiger partial charge is 0.497 e. The maximum Gasteiger partial charge on any atom is 0.273 e. The standard InChI is InChI=1S/C24H17FN4O4S/c1-33-20-11-12-21-22(14-20)34-24(27-21)28(26-15-17-2-7-18(25)8-3-17)23(30)13-6-16-4-9-19(10-5-16)29(31)32/h2-15H,1H3/b13-6+,26-15+. The summed E-state index contributed by atoms with van der Waals surface area (Å²) < 4.78 is 19.3. The maximum atomic E-state index is 13.2. The Morgan fingerprint density at radius 3 is 2.50 bits per heavy atom. The minimum atomic E-state index is -0.493. The number of carbonyl (C=O) groups excluding carboxylic acids is 1. The number of nitrogens with zero attached hydrogens (tertiary/aromatic N) is 4. The van der Waals surface area contributed by atoms with Crippen LogP contribution in [0.15, 0.2) is 77.9 Å². The van der Waals surface area contributed by atoms with Gasteiger partial charge in [-0.1, -0.05) is 23.5 Å². The van der Waals surface area contributed by atoms with E-state index in [-0.39, 0.29) is 11.5 Å². The van der Waals surface area contributed by atoms with Crippen molar-refractivity contribution in [3.8, 4) is 5.75 Å². The highest BCUT2D eigenvalue weighted by molar-refractivity contribution is 7.22. The second kappa shape index (κ2) is 10.0. The fourth-order valence-electron chi connectivity index (χ4n) is 2.93. The molecule has 0 aliphatic rings. The molecule has 0 aliphatic heterocycles. The molecule has 4 rings (SSSR count). The number of hydrogen-bond acceptors (Lipinski definition) is 7. The Hall–Kier alpha value is -4.44. The van der Waals surface area contributed by atoms with E-state index in [0.717, 1.165) is 9.71 Å². The van der Waals surface area contributed by atoms with Crippen LogP contribution in [0, 0.1) is 15.9 Å². The molecule has 0 saturated heterocycles. The molecule has 1 amide bonds. The first kappa shape index (κ1) is 22.7. The number of amides is 1. The first-order valence-electron chi connectivity index (χ1n) is 9.94. The Balaban J connectivity index is 1.65. The Morgan fingerprint density at radius 1 is 1.12 bits per heavy atom. The van der Waals surface area contributed by atoms with E-state index in [1.165, 1.54) is 78.2 Å². The molecule has 8 nitrogen and oxygen atoms in total. The van der Waals surface area contributed by atoms with Crippen LogP contribution in [0.1, 0.15) is 11.1 Å². The van der Waals surface area contributed by atoms with Crippen molar-refractivity contribution < 1.29 is 18.8 Å². The van der Waals surface area contributed by atoms with Crippen LogP contribution < -0.4 is 9.75 Å². The van der Waals surface area contributed by atoms with Crippen molar-refractivity contribution in [3.63, 3.8) is 0 Å². The summed E-state index contributed by atoms with van der Waals surface area (Å²) in [6, 6.07) is 16.8. The summed E-state index contributed by atoms with van der Waals surface area (Å²) in [7, 11) is 1.56. The fourth-order valence-corrected chi connectivity index (χ4v) is 3.89. The number of methoxy groups -OCH3 is 1. The summed E-state index contributed by atoms with van der Waals surface area (Å²) in [5, 5.41) is 16.6. The van der Waals surface area contributed by atoms with Gasteiger partial charge in [0.2, 0.25) is 5.13 Å². The molecular weight excluding hydrogens is 459 g/mol. The quantitative estimate of drug-likeness (QED) is 0.153. The number of ether oxygens (including phenoxy) is 1. The third-order valence-corrected chi connectivity index (χ3v) is 5.68. The smallest absolute Gasteiger partial charge is 0.273 e. The van der Waals surface area contributed by atoms with Crippen LogP contribution in [-0.2, 0) is 4.79 Å². The Morgan fingerprint density at radius 2 is 1.82 bits per heavy atom. The van der Waals surface area contributed by atoms with E-state index in [9.17, 15) is 19.3 Å². The lowest BCUT2D eigenvalue weighted by atomic mass is 10.2. The van der Waals surface area contributed by atoms with Crippen LogP contribution in [-0.4, -0.2) is 29.1 Å². The van der Waals surface area contributed by atoms with Crippen LogP contribution in [0.25, 0.3) is 16.3 Å². The third-order valence-electron chi connectivity index (χ3n) is 4.69. The number of anilines is 1. The van der Waals surface area contributed by atoms with E-state index >= 15 is 0 Å². The summed E-state index contributed by atoms with van der Waals surface area (Å²) in [4.78, 5) is 27.9. The van der Waals surface area contributed by atoms with Gasteiger partial charge < -0.3 is 4.74 Å². The van der Waals surface area contributed by atoms with E-state index in [2.05, 4.69) is 10.1 Å². The van der Waals surface area contributed by atoms with Gasteiger partial charge in [-0.15, -0.1) is 0 Å². The molecule has 3 aromatic carbocycles. The van der Waals surface area contributed by atoms with Crippen molar-refractivity contribution in [1.29, 1.82) is 0 Å². The minimum absolute atomic E-state index is 0.0427. The average molecular weight is 476 g/mol. The lowest BCUT2D eigenvalue weighted by Crippen LogP contribution is -2.23. The number of fused-ring (bicyclic) bond motifs is 1. The highest BCUT2D eigenvalue weighted by Gasteiger charge is 2.18. The summed E-state index contributed by atoms with van der Waals surface area (Å²) in [6.07, 6.45) is 4.27. The highest BCUT2D eigenvalue weighted by Crippen LogP contribution is 2.32. The van der Waals surface area contributed by atoms with Gasteiger partial charge in [-0.25, -0.2) is 9.37 Å². The van der Waals surface area contributed by atoms with Crippen molar-refractivity contribution >= 4 is 50.6 Å². The first-order valence-corrected chi connectivity index (χ1v) is 10.8. The van der Waals surface area contributed by atoms with Crippen molar-refractivity contribution in [2.24, 2.45) is 5.10 Å². The molecule has 1 aromatic heterocycles. The Labute approximate surface area is 197 Å². The number of halogens is 1. The van der Waals surface area contributed by atoms with E-state index < -0.39 is 10.8 Å². The van der Waals surface area contributed by atoms with Crippen molar-refractivity contribution in [3.05, 3.63) is 99.9 Å². The zero-order valence-corrected chi connectivity index (χ0v) is 18.6. The SMILES string of the molecule is COc1ccc2nc(N(/N=C/c3ccc(F)cc3)C(=O)/C=C/c3ccc([N+](=O)[O-])cc3)sc2c1. The number of nitro groups is 1. The molecule has 0 bridgehead atoms. The summed E-state index contributed by atoms with van der Waals surface area (Å²) in [5.41, 5.74) is 1.84. The zero-order valence-electron chi connectivity index (χ0n) is 17.8. The topological polar surface area (TPSA) is 97.9 Å². The van der Waals surface area contributed by atoms with Gasteiger partial charge in [-0.2, -0.15) is 10.1 Å². The first-order chi connectivity index (χ1) is 16.4. The second-order valence-corrected chi connectivity index (χ2v) is 7.97. The fraction of sp³-hybridized carbons (Fsp3) is 0.0417. The van der Waals surface area contributed by atoms with E-state index in [4.69, 9.17) is 4.74 Å². The van der Waals surface area contributed by atoms with Gasteiger partial charge in [0.05, 0.1) is 28.5 Å². The van der Waals surface area contributed by atoms with Gasteiger partial charge in [0.1, 0.15) is 11.6 Å². The molecule has 0 aliphatic carbocycles. The molecule has 0 N–H and O–H groups in total. The van der Waals surface area contributed by atoms with Crippen molar-refractivity contribution in [2.45, 2.75) is 0 Å². The average Bonchev–Trinajstić information content (AvgIpc) is 3.27. The number of benzene rings is 3. The number of carbonyl (C=O) groups is 1. The number of hydrazone groups is 1. The number of hydrogen-bond donors (Lipinski definition) is 0. The van der Waals surface area contributed by atoms with Crippen molar-refractivity contribution in [1.82, 2.24) is 4.98 Å². The van der Waals surface area contributed by atoms with Gasteiger partial charge in [-0.3, -0.25) is 14.9 Å². The van der Waals surface area contributed by atoms with Crippen molar-refractivity contribution in [2.75, 3.05) is 12.1 Å². The lowest BCUT2D eigenvalue weighted by molar-refractivity contribution is -0.384. The predicted molar refractivity (Wildman–Crippen MR) is 130 cm³/mol. The molecule has 0 atom stereocenters. The number of non-ortho nitro benzene ring substituents is 1. The highest BCUT2D eigenvalue weighted by atomic mass is 32.1. The molecular formula is C24H17FN4O4S. The van der Waals surface area contributed by atoms with Crippen LogP contribution in [0.4, 0.5) is 15.2 Å². The van der Waals surface area contributed by atoms with Gasteiger partial charge in [-0.05, 0) is 59.7 Å². The molecule has 170 valence electrons. The molecule has 0 saturated carbocycles. The molecule has 1 heterocycles. The maximum absolute atomic E-state index is 13.2. The molecule has 0 spiro atoms. The second-order valence-electron chi connectivity index (χ2n) is 6.96. The Bertz CT molecular complexity index is 1400. The minimum Gasteiger partial charge on any atom is -0.497 e. The normalized spacial score (nSPS) is 11.4. The van der Waals surface area contributed by atoms with E-state index in [1.54, 1.807) is 19.2 Å². The lowest BCUT2D eigenvalue weighted by Gasteiger charge is -2.11. The van der Waals surface area contributed by atoms with Gasteiger partial charge in [0.15, 0.2) is 0 Å². The van der Waals surface area contributed by atoms with Crippen LogP contribution in [0.3, 0.4) is 0 Å². The van der Waals surface area contributed by atoms with Gasteiger partial charge in [0, 0.05) is 18.2 Å². The molecule has 10 heteroatoms. The number of nitro benzene ring substituents is 1. The predicted octanol–water partition coefficient (Wildman–Crippen LogP) is 5.43. The summed E-state index contributed by atoms with van der Waals surface area (Å²) in [6.45, 7) is 0.